The van der Waals surface area contributed by atoms with Crippen LogP contribution in [0, 0.1) is 17.6 Å². The van der Waals surface area contributed by atoms with Gasteiger partial charge in [0.05, 0.1) is 4.90 Å². The van der Waals surface area contributed by atoms with Gasteiger partial charge in [0.1, 0.15) is 0 Å². The highest BCUT2D eigenvalue weighted by Crippen LogP contribution is 2.13. The molecule has 0 saturated carbocycles. The second-order valence-electron chi connectivity index (χ2n) is 4.09. The first-order valence-corrected chi connectivity index (χ1v) is 6.94. The van der Waals surface area contributed by atoms with Crippen LogP contribution in [-0.2, 0) is 10.0 Å². The highest BCUT2D eigenvalue weighted by Gasteiger charge is 2.17. The van der Waals surface area contributed by atoms with Crippen LogP contribution in [-0.4, -0.2) is 28.6 Å². The van der Waals surface area contributed by atoms with Crippen LogP contribution in [0.5, 0.6) is 0 Å². The second kappa shape index (κ2) is 6.21. The zero-order valence-corrected chi connectivity index (χ0v) is 11.0. The highest BCUT2D eigenvalue weighted by molar-refractivity contribution is 7.89. The average molecular weight is 278 g/mol. The SMILES string of the molecule is CNCC(C)CNS(=O)(=O)c1ccc(F)c(F)c1. The Hall–Kier alpha value is -1.05. The van der Waals surface area contributed by atoms with Crippen LogP contribution in [0.4, 0.5) is 8.78 Å². The molecular weight excluding hydrogens is 262 g/mol. The van der Waals surface area contributed by atoms with Crippen molar-refractivity contribution < 1.29 is 17.2 Å². The second-order valence-corrected chi connectivity index (χ2v) is 5.86. The van der Waals surface area contributed by atoms with Crippen LogP contribution >= 0.6 is 0 Å². The quantitative estimate of drug-likeness (QED) is 0.819. The van der Waals surface area contributed by atoms with Gasteiger partial charge >= 0.3 is 0 Å². The van der Waals surface area contributed by atoms with E-state index < -0.39 is 21.7 Å². The number of hydrogen-bond acceptors (Lipinski definition) is 3. The molecule has 0 spiro atoms. The molecule has 1 rings (SSSR count). The molecule has 1 unspecified atom stereocenters. The van der Waals surface area contributed by atoms with Crippen LogP contribution in [0.2, 0.25) is 0 Å². The molecule has 7 heteroatoms. The van der Waals surface area contributed by atoms with E-state index in [2.05, 4.69) is 10.0 Å². The first-order valence-electron chi connectivity index (χ1n) is 5.46. The molecule has 0 fully saturated rings. The molecule has 0 amide bonds. The fourth-order valence-electron chi connectivity index (χ4n) is 1.40. The van der Waals surface area contributed by atoms with Crippen LogP contribution < -0.4 is 10.0 Å². The molecule has 1 aromatic rings. The molecule has 0 heterocycles. The van der Waals surface area contributed by atoms with Crippen molar-refractivity contribution in [2.24, 2.45) is 5.92 Å². The standard InChI is InChI=1S/C11H16F2N2O2S/c1-8(6-14-2)7-15-18(16,17)9-3-4-10(12)11(13)5-9/h3-5,8,14-15H,6-7H2,1-2H3. The van der Waals surface area contributed by atoms with Crippen LogP contribution in [0.25, 0.3) is 0 Å². The zero-order chi connectivity index (χ0) is 13.8. The molecule has 2 N–H and O–H groups in total. The number of nitrogens with one attached hydrogen (secondary N) is 2. The van der Waals surface area contributed by atoms with Crippen molar-refractivity contribution in [3.63, 3.8) is 0 Å². The number of rotatable bonds is 6. The molecule has 102 valence electrons. The molecule has 0 aromatic heterocycles. The van der Waals surface area contributed by atoms with Crippen LogP contribution in [0.15, 0.2) is 23.1 Å². The largest absolute Gasteiger partial charge is 0.319 e. The molecule has 0 aliphatic carbocycles. The first-order chi connectivity index (χ1) is 8.36. The summed E-state index contributed by atoms with van der Waals surface area (Å²) < 4.78 is 51.6. The fourth-order valence-corrected chi connectivity index (χ4v) is 2.58. The minimum atomic E-state index is -3.80. The fraction of sp³-hybridized carbons (Fsp3) is 0.455. The lowest BCUT2D eigenvalue weighted by atomic mass is 10.2. The third-order valence-corrected chi connectivity index (χ3v) is 3.80. The number of sulfonamides is 1. The maximum absolute atomic E-state index is 13.0. The van der Waals surface area contributed by atoms with Gasteiger partial charge in [-0.1, -0.05) is 6.92 Å². The Morgan fingerprint density at radius 3 is 2.44 bits per heavy atom. The van der Waals surface area contributed by atoms with Crippen molar-refractivity contribution in [3.8, 4) is 0 Å². The molecule has 0 aliphatic rings. The Morgan fingerprint density at radius 2 is 1.89 bits per heavy atom. The van der Waals surface area contributed by atoms with Crippen molar-refractivity contribution in [3.05, 3.63) is 29.8 Å². The van der Waals surface area contributed by atoms with E-state index >= 15 is 0 Å². The van der Waals surface area contributed by atoms with E-state index in [1.54, 1.807) is 7.05 Å². The molecule has 0 radical (unpaired) electrons. The van der Waals surface area contributed by atoms with Gasteiger partial charge in [-0.15, -0.1) is 0 Å². The molecule has 0 saturated heterocycles. The predicted octanol–water partition coefficient (Wildman–Crippen LogP) is 1.10. The maximum atomic E-state index is 13.0. The first kappa shape index (κ1) is 15.0. The van der Waals surface area contributed by atoms with Gasteiger partial charge in [-0.05, 0) is 37.7 Å². The average Bonchev–Trinajstić information content (AvgIpc) is 2.30. The summed E-state index contributed by atoms with van der Waals surface area (Å²) in [6.45, 7) is 2.74. The molecule has 4 nitrogen and oxygen atoms in total. The van der Waals surface area contributed by atoms with Gasteiger partial charge in [0.25, 0.3) is 0 Å². The van der Waals surface area contributed by atoms with Crippen LogP contribution in [0.3, 0.4) is 0 Å². The van der Waals surface area contributed by atoms with Gasteiger partial charge in [-0.25, -0.2) is 21.9 Å². The number of halogens is 2. The topological polar surface area (TPSA) is 58.2 Å². The van der Waals surface area contributed by atoms with E-state index in [4.69, 9.17) is 0 Å². The van der Waals surface area contributed by atoms with Gasteiger partial charge in [-0.2, -0.15) is 0 Å². The van der Waals surface area contributed by atoms with E-state index in [9.17, 15) is 17.2 Å². The minimum Gasteiger partial charge on any atom is -0.319 e. The number of benzene rings is 1. The lowest BCUT2D eigenvalue weighted by Crippen LogP contribution is -2.32. The van der Waals surface area contributed by atoms with E-state index in [1.807, 2.05) is 6.92 Å². The van der Waals surface area contributed by atoms with Crippen molar-refractivity contribution in [1.82, 2.24) is 10.0 Å². The Bertz CT molecular complexity index is 506. The van der Waals surface area contributed by atoms with Crippen molar-refractivity contribution in [1.29, 1.82) is 0 Å². The normalized spacial score (nSPS) is 13.6. The summed E-state index contributed by atoms with van der Waals surface area (Å²) >= 11 is 0. The molecule has 0 bridgehead atoms. The van der Waals surface area contributed by atoms with E-state index in [1.165, 1.54) is 0 Å². The van der Waals surface area contributed by atoms with Gasteiger partial charge < -0.3 is 5.32 Å². The van der Waals surface area contributed by atoms with Crippen molar-refractivity contribution in [2.75, 3.05) is 20.1 Å². The van der Waals surface area contributed by atoms with E-state index in [-0.39, 0.29) is 17.4 Å². The molecule has 1 atom stereocenters. The molecule has 1 aromatic carbocycles. The van der Waals surface area contributed by atoms with Gasteiger partial charge in [0.15, 0.2) is 11.6 Å². The summed E-state index contributed by atoms with van der Waals surface area (Å²) in [7, 11) is -2.03. The lowest BCUT2D eigenvalue weighted by Gasteiger charge is -2.12. The molecule has 0 aliphatic heterocycles. The molecular formula is C11H16F2N2O2S. The van der Waals surface area contributed by atoms with Crippen molar-refractivity contribution in [2.45, 2.75) is 11.8 Å². The van der Waals surface area contributed by atoms with E-state index in [0.29, 0.717) is 12.6 Å². The third kappa shape index (κ3) is 4.01. The highest BCUT2D eigenvalue weighted by atomic mass is 32.2. The Kier molecular flexibility index (Phi) is 5.18. The van der Waals surface area contributed by atoms with Gasteiger partial charge in [0, 0.05) is 6.54 Å². The maximum Gasteiger partial charge on any atom is 0.240 e. The zero-order valence-electron chi connectivity index (χ0n) is 10.2. The van der Waals surface area contributed by atoms with Crippen LogP contribution in [0.1, 0.15) is 6.92 Å². The summed E-state index contributed by atoms with van der Waals surface area (Å²) in [5.41, 5.74) is 0. The van der Waals surface area contributed by atoms with Crippen molar-refractivity contribution >= 4 is 10.0 Å². The third-order valence-electron chi connectivity index (χ3n) is 2.38. The summed E-state index contributed by atoms with van der Waals surface area (Å²) in [6, 6.07) is 2.49. The Morgan fingerprint density at radius 1 is 1.22 bits per heavy atom. The van der Waals surface area contributed by atoms with E-state index in [0.717, 1.165) is 12.1 Å². The smallest absolute Gasteiger partial charge is 0.240 e. The van der Waals surface area contributed by atoms with Gasteiger partial charge in [-0.3, -0.25) is 0 Å². The Balaban J connectivity index is 2.77. The minimum absolute atomic E-state index is 0.0927. The predicted molar refractivity (Wildman–Crippen MR) is 64.6 cm³/mol. The summed E-state index contributed by atoms with van der Waals surface area (Å²) in [6.07, 6.45) is 0. The summed E-state index contributed by atoms with van der Waals surface area (Å²) in [5, 5.41) is 2.92. The monoisotopic (exact) mass is 278 g/mol. The summed E-state index contributed by atoms with van der Waals surface area (Å²) in [4.78, 5) is -0.280. The number of hydrogen-bond donors (Lipinski definition) is 2. The molecule has 18 heavy (non-hydrogen) atoms. The Labute approximate surface area is 105 Å². The lowest BCUT2D eigenvalue weighted by molar-refractivity contribution is 0.501. The summed E-state index contributed by atoms with van der Waals surface area (Å²) in [5.74, 6) is -2.16. The van der Waals surface area contributed by atoms with Gasteiger partial charge in [0.2, 0.25) is 10.0 Å².